The van der Waals surface area contributed by atoms with E-state index in [9.17, 15) is 15.0 Å². The minimum atomic E-state index is -0.663. The maximum absolute atomic E-state index is 11.7. The van der Waals surface area contributed by atoms with Crippen LogP contribution < -0.4 is 0 Å². The summed E-state index contributed by atoms with van der Waals surface area (Å²) in [5, 5.41) is 20.7. The van der Waals surface area contributed by atoms with Gasteiger partial charge in [0.1, 0.15) is 11.4 Å². The first-order valence-electron chi connectivity index (χ1n) is 13.2. The average Bonchev–Trinajstić information content (AvgIpc) is 3.11. The molecule has 3 saturated carbocycles. The first kappa shape index (κ1) is 27.7. The number of fused-ring (bicyclic) bond motifs is 1. The van der Waals surface area contributed by atoms with Crippen LogP contribution >= 0.6 is 15.9 Å². The van der Waals surface area contributed by atoms with Gasteiger partial charge in [0.05, 0.1) is 11.7 Å². The lowest BCUT2D eigenvalue weighted by atomic mass is 9.60. The highest BCUT2D eigenvalue weighted by Crippen LogP contribution is 2.60. The van der Waals surface area contributed by atoms with E-state index >= 15 is 0 Å². The van der Waals surface area contributed by atoms with Crippen LogP contribution in [0.2, 0.25) is 0 Å². The van der Waals surface area contributed by atoms with Crippen molar-refractivity contribution in [3.63, 3.8) is 0 Å². The van der Waals surface area contributed by atoms with E-state index in [1.807, 2.05) is 13.8 Å². The van der Waals surface area contributed by atoms with E-state index in [0.717, 1.165) is 36.3 Å². The molecule has 0 aromatic rings. The molecule has 34 heavy (non-hydrogen) atoms. The summed E-state index contributed by atoms with van der Waals surface area (Å²) in [6, 6.07) is 0. The number of aliphatic hydroxyl groups is 2. The van der Waals surface area contributed by atoms with Crippen molar-refractivity contribution in [3.8, 4) is 0 Å². The predicted octanol–water partition coefficient (Wildman–Crippen LogP) is 6.65. The Balaban J connectivity index is 1.71. The molecular formula is C29H45BrO4. The minimum absolute atomic E-state index is 0.168. The molecule has 2 N–H and O–H groups in total. The fourth-order valence-electron chi connectivity index (χ4n) is 7.03. The highest BCUT2D eigenvalue weighted by atomic mass is 79.9. The van der Waals surface area contributed by atoms with Gasteiger partial charge in [-0.3, -0.25) is 4.79 Å². The van der Waals surface area contributed by atoms with Gasteiger partial charge in [-0.1, -0.05) is 66.9 Å². The predicted molar refractivity (Wildman–Crippen MR) is 142 cm³/mol. The maximum Gasteiger partial charge on any atom is 0.316 e. The molecule has 0 aromatic carbocycles. The summed E-state index contributed by atoms with van der Waals surface area (Å²) >= 11 is 3.14. The smallest absolute Gasteiger partial charge is 0.316 e. The van der Waals surface area contributed by atoms with E-state index in [4.69, 9.17) is 4.74 Å². The van der Waals surface area contributed by atoms with Crippen LogP contribution in [-0.2, 0) is 9.53 Å². The van der Waals surface area contributed by atoms with Crippen LogP contribution in [0.15, 0.2) is 35.5 Å². The number of hydrogen-bond donors (Lipinski definition) is 2. The van der Waals surface area contributed by atoms with E-state index < -0.39 is 11.7 Å². The zero-order chi connectivity index (χ0) is 25.1. The molecule has 4 nitrogen and oxygen atoms in total. The zero-order valence-electron chi connectivity index (χ0n) is 21.6. The lowest BCUT2D eigenvalue weighted by molar-refractivity contribution is -0.147. The first-order chi connectivity index (χ1) is 15.9. The molecule has 5 heteroatoms. The molecule has 0 spiro atoms. The van der Waals surface area contributed by atoms with Gasteiger partial charge in [0.15, 0.2) is 0 Å². The number of aliphatic hydroxyl groups excluding tert-OH is 1. The normalized spacial score (nSPS) is 35.4. The van der Waals surface area contributed by atoms with Crippen LogP contribution in [0.5, 0.6) is 0 Å². The SMILES string of the molecule is C=C1/C(=C\C=C2CCC[C@@]3(C)C2CC[C@@H]3[C@H](C)CCCC(C)(C)O)C[C@@H](OC(=O)CBr)CC1O. The van der Waals surface area contributed by atoms with Crippen molar-refractivity contribution in [2.75, 3.05) is 5.33 Å². The van der Waals surface area contributed by atoms with Crippen molar-refractivity contribution in [2.45, 2.75) is 110 Å². The lowest BCUT2D eigenvalue weighted by Crippen LogP contribution is -2.36. The van der Waals surface area contributed by atoms with Gasteiger partial charge in [0, 0.05) is 12.8 Å². The lowest BCUT2D eigenvalue weighted by Gasteiger charge is -2.44. The second kappa shape index (κ2) is 11.4. The Bertz CT molecular complexity index is 807. The van der Waals surface area contributed by atoms with E-state index in [-0.39, 0.29) is 17.4 Å². The molecular weight excluding hydrogens is 492 g/mol. The summed E-state index contributed by atoms with van der Waals surface area (Å²) in [6.07, 6.45) is 13.8. The van der Waals surface area contributed by atoms with Crippen molar-refractivity contribution >= 4 is 21.9 Å². The van der Waals surface area contributed by atoms with Gasteiger partial charge in [0.2, 0.25) is 0 Å². The molecule has 0 aliphatic heterocycles. The second-order valence-corrected chi connectivity index (χ2v) is 12.5. The van der Waals surface area contributed by atoms with E-state index in [1.165, 1.54) is 37.7 Å². The highest BCUT2D eigenvalue weighted by molar-refractivity contribution is 9.09. The van der Waals surface area contributed by atoms with Crippen LogP contribution in [0.25, 0.3) is 0 Å². The molecule has 2 unspecified atom stereocenters. The Labute approximate surface area is 215 Å². The number of allylic oxidation sites excluding steroid dienone is 3. The van der Waals surface area contributed by atoms with E-state index in [0.29, 0.717) is 30.1 Å². The Kier molecular flexibility index (Phi) is 9.30. The Morgan fingerprint density at radius 3 is 2.76 bits per heavy atom. The fourth-order valence-corrected chi connectivity index (χ4v) is 7.16. The van der Waals surface area contributed by atoms with Crippen molar-refractivity contribution < 1.29 is 19.7 Å². The van der Waals surface area contributed by atoms with Gasteiger partial charge in [0.25, 0.3) is 0 Å². The topological polar surface area (TPSA) is 66.8 Å². The van der Waals surface area contributed by atoms with Crippen LogP contribution in [0.3, 0.4) is 0 Å². The number of esters is 1. The van der Waals surface area contributed by atoms with Gasteiger partial charge < -0.3 is 14.9 Å². The van der Waals surface area contributed by atoms with Crippen LogP contribution in [0.1, 0.15) is 91.9 Å². The van der Waals surface area contributed by atoms with Crippen LogP contribution in [0.4, 0.5) is 0 Å². The molecule has 3 fully saturated rings. The second-order valence-electron chi connectivity index (χ2n) is 11.9. The molecule has 6 atom stereocenters. The Hall–Kier alpha value is -0.910. The van der Waals surface area contributed by atoms with Gasteiger partial charge in [-0.05, 0) is 86.7 Å². The Morgan fingerprint density at radius 1 is 1.35 bits per heavy atom. The van der Waals surface area contributed by atoms with Crippen molar-refractivity contribution in [1.29, 1.82) is 0 Å². The molecule has 0 amide bonds. The van der Waals surface area contributed by atoms with Crippen LogP contribution in [0, 0.1) is 23.2 Å². The van der Waals surface area contributed by atoms with Gasteiger partial charge in [-0.25, -0.2) is 0 Å². The molecule has 0 bridgehead atoms. The summed E-state index contributed by atoms with van der Waals surface area (Å²) in [7, 11) is 0. The van der Waals surface area contributed by atoms with Crippen molar-refractivity contribution in [3.05, 3.63) is 35.5 Å². The van der Waals surface area contributed by atoms with Gasteiger partial charge >= 0.3 is 5.97 Å². The summed E-state index contributed by atoms with van der Waals surface area (Å²) in [5.41, 5.74) is 3.06. The molecule has 3 rings (SSSR count). The molecule has 0 aromatic heterocycles. The monoisotopic (exact) mass is 536 g/mol. The fraction of sp³-hybridized carbons (Fsp3) is 0.759. The Morgan fingerprint density at radius 2 is 2.09 bits per heavy atom. The van der Waals surface area contributed by atoms with E-state index in [2.05, 4.69) is 48.5 Å². The molecule has 0 radical (unpaired) electrons. The summed E-state index contributed by atoms with van der Waals surface area (Å²) < 4.78 is 5.50. The quantitative estimate of drug-likeness (QED) is 0.269. The maximum atomic E-state index is 11.7. The molecule has 192 valence electrons. The number of halogens is 1. The van der Waals surface area contributed by atoms with Gasteiger partial charge in [-0.2, -0.15) is 0 Å². The third kappa shape index (κ3) is 6.64. The minimum Gasteiger partial charge on any atom is -0.461 e. The number of alkyl halides is 1. The third-order valence-electron chi connectivity index (χ3n) is 8.83. The number of rotatable bonds is 8. The average molecular weight is 538 g/mol. The molecule has 0 saturated heterocycles. The summed E-state index contributed by atoms with van der Waals surface area (Å²) in [6.45, 7) is 12.9. The number of carbonyl (C=O) groups excluding carboxylic acids is 1. The van der Waals surface area contributed by atoms with Crippen molar-refractivity contribution in [2.24, 2.45) is 23.2 Å². The number of carbonyl (C=O) groups is 1. The van der Waals surface area contributed by atoms with E-state index in [1.54, 1.807) is 0 Å². The molecule has 0 heterocycles. The van der Waals surface area contributed by atoms with Crippen LogP contribution in [-0.4, -0.2) is 39.3 Å². The van der Waals surface area contributed by atoms with Crippen molar-refractivity contribution in [1.82, 2.24) is 0 Å². The molecule has 3 aliphatic carbocycles. The number of ether oxygens (including phenoxy) is 1. The first-order valence-corrected chi connectivity index (χ1v) is 14.3. The summed E-state index contributed by atoms with van der Waals surface area (Å²) in [5.74, 6) is 1.73. The zero-order valence-corrected chi connectivity index (χ0v) is 23.2. The van der Waals surface area contributed by atoms with Gasteiger partial charge in [-0.15, -0.1) is 0 Å². The third-order valence-corrected chi connectivity index (χ3v) is 9.28. The standard InChI is InChI=1S/C29H45BrO4/c1-19(8-6-14-28(3,4)33)24-12-13-25-21(9-7-15-29(24,25)5)10-11-22-16-23(34-27(32)18-30)17-26(31)20(22)2/h10-11,19,23-26,31,33H,2,6-9,12-18H2,1,3-5H3/b21-10?,22-11-/t19-,23-,24-,25?,26?,29-/m1/s1. The number of hydrogen-bond acceptors (Lipinski definition) is 4. The highest BCUT2D eigenvalue weighted by Gasteiger charge is 2.50. The molecule has 3 aliphatic rings. The largest absolute Gasteiger partial charge is 0.461 e. The summed E-state index contributed by atoms with van der Waals surface area (Å²) in [4.78, 5) is 11.7.